The fraction of sp³-hybridized carbons (Fsp3) is 1.00. The smallest absolute Gasteiger partial charge is 1.00 e. The van der Waals surface area contributed by atoms with Crippen LogP contribution in [0.1, 0.15) is 130 Å². The second kappa shape index (κ2) is 523. The average Bonchev–Trinajstić information content (AvgIpc) is 3.27. The minimum Gasteiger partial charge on any atom is -1.00 e. The summed E-state index contributed by atoms with van der Waals surface area (Å²) in [5.74, 6) is 0. The maximum absolute atomic E-state index is 9.64. The molecule has 0 aliphatic rings. The molecular weight excluding hydrogens is 1700 g/mol. The summed E-state index contributed by atoms with van der Waals surface area (Å²) in [5, 5.41) is 241. The van der Waals surface area contributed by atoms with Gasteiger partial charge >= 0.3 is 709 Å². The molecule has 0 heterocycles. The van der Waals surface area contributed by atoms with Crippen LogP contribution in [0.15, 0.2) is 0 Å². The first-order valence-electron chi connectivity index (χ1n) is 14.0. The summed E-state index contributed by atoms with van der Waals surface area (Å²) in [6.07, 6.45) is -8.77. The number of aliphatic hydroxyl groups excluding tert-OH is 15. The topological polar surface area (TPSA) is 1000 Å². The summed E-state index contributed by atoms with van der Waals surface area (Å²) in [6.45, 7) is -8.56. The zero-order valence-electron chi connectivity index (χ0n) is 66.6. The number of hydrogen-bond acceptors (Lipinski definition) is 37. The molecule has 0 aliphatic carbocycles. The Labute approximate surface area is 1190 Å². The molecule has 106 heavy (non-hydrogen) atoms. The van der Waals surface area contributed by atoms with Crippen molar-refractivity contribution in [1.82, 2.24) is 0 Å². The monoisotopic (exact) mass is 1850 g/mol. The maximum atomic E-state index is 9.64. The van der Waals surface area contributed by atoms with Gasteiger partial charge in [-0.3, -0.25) is 31.5 Å². The van der Waals surface area contributed by atoms with E-state index in [2.05, 4.69) is 0 Å². The van der Waals surface area contributed by atoms with Crippen LogP contribution in [0, 0.1) is 0 Å². The van der Waals surface area contributed by atoms with Crippen molar-refractivity contribution in [2.45, 2.75) is 168 Å². The Hall–Kier alpha value is 22.3. The van der Waals surface area contributed by atoms with Crippen LogP contribution in [0.3, 0.4) is 0 Å². The van der Waals surface area contributed by atoms with Crippen molar-refractivity contribution in [3.8, 4) is 0 Å². The van der Waals surface area contributed by atoms with Gasteiger partial charge in [0.2, 0.25) is 0 Å². The van der Waals surface area contributed by atoms with E-state index in [4.69, 9.17) is 108 Å². The minimum atomic E-state index is -1.43. The molecule has 0 radical (unpaired) electrons. The Kier molecular flexibility index (Phi) is 2410. The quantitative estimate of drug-likeness (QED) is 0.0388. The molecule has 0 aliphatic heterocycles. The van der Waals surface area contributed by atoms with Crippen molar-refractivity contribution in [3.05, 3.63) is 0 Å². The molecule has 586 valence electrons. The van der Waals surface area contributed by atoms with E-state index < -0.39 is 115 Å². The molecule has 0 amide bonds. The summed E-state index contributed by atoms with van der Waals surface area (Å²) in [7, 11) is 0. The molecular formula is C40H150Na24O42. The standard InChI is InChI=1S/3C3H8O3.2C3H7O3.2C3H6O3.C3H5O3.16CH4.24Na.3H2O2.12H2O.8H/c8*4-1-3(6)2-5;;;;;;;;;;;;;;;;;;;;;;;;;;;;;;;;;;;;;;;;;3*1-2;;;;;;;;;;;;;;;;;;;;/h3*3-6H,1-2H2;2*3-4,6H,1-2H2;2*3,6H,1-2H2;3H,1-2H2;16*1H4;;;;;;;;;;;;;;;;;;;;;;;;;3*1-2H;12*1H2;;;;;;;;/q;;;2*-1;2*-2;-3;;;;;;;;;;;;;;;;;24*+1;;;;;;;;;;;;;;;;8*-1/p-7. The number of hydrogen-bond donors (Lipinski definition) is 21. The summed E-state index contributed by atoms with van der Waals surface area (Å²) < 4.78 is 0. The first-order valence-corrected chi connectivity index (χ1v) is 14.0. The van der Waals surface area contributed by atoms with E-state index >= 15 is 0 Å². The fourth-order valence-corrected chi connectivity index (χ4v) is 0.423. The van der Waals surface area contributed by atoms with Crippen LogP contribution < -0.4 is 755 Å². The second-order valence-electron chi connectivity index (χ2n) is 7.99. The molecule has 0 aromatic carbocycles. The second-order valence-corrected chi connectivity index (χ2v) is 7.99. The molecule has 0 fully saturated rings. The van der Waals surface area contributed by atoms with Crippen LogP contribution >= 0.6 is 0 Å². The van der Waals surface area contributed by atoms with E-state index in [0.29, 0.717) is 0 Å². The van der Waals surface area contributed by atoms with Crippen molar-refractivity contribution in [1.29, 1.82) is 0 Å². The number of aliphatic hydroxyl groups is 15. The van der Waals surface area contributed by atoms with Crippen molar-refractivity contribution in [2.24, 2.45) is 0 Å². The van der Waals surface area contributed by atoms with Gasteiger partial charge in [-0.15, -0.1) is 39.6 Å². The van der Waals surface area contributed by atoms with Crippen molar-refractivity contribution >= 4 is 0 Å². The van der Waals surface area contributed by atoms with Crippen molar-refractivity contribution in [2.75, 3.05) is 106 Å². The Morgan fingerprint density at radius 1 is 0.170 bits per heavy atom. The van der Waals surface area contributed by atoms with E-state index in [-0.39, 0.29) is 945 Å². The van der Waals surface area contributed by atoms with Gasteiger partial charge in [-0.1, -0.05) is 119 Å². The third-order valence-corrected chi connectivity index (χ3v) is 3.21. The Bertz CT molecular complexity index is 479. The van der Waals surface area contributed by atoms with Gasteiger partial charge in [-0.25, -0.2) is 0 Å². The van der Waals surface area contributed by atoms with E-state index in [1.165, 1.54) is 0 Å². The molecule has 0 aromatic rings. The molecule has 0 bridgehead atoms. The van der Waals surface area contributed by atoms with E-state index in [9.17, 15) is 46.0 Å². The molecule has 2 unspecified atom stereocenters. The molecule has 66 heteroatoms. The molecule has 0 aromatic heterocycles. The van der Waals surface area contributed by atoms with E-state index in [0.717, 1.165) is 0 Å². The van der Waals surface area contributed by atoms with Crippen LogP contribution in [0.5, 0.6) is 0 Å². The molecule has 42 nitrogen and oxygen atoms in total. The van der Waals surface area contributed by atoms with Gasteiger partial charge in [-0.2, -0.15) is 19.3 Å². The third kappa shape index (κ3) is 672. The third-order valence-electron chi connectivity index (χ3n) is 3.21. The summed E-state index contributed by atoms with van der Waals surface area (Å²) in [4.78, 5) is 0. The molecule has 38 N–H and O–H groups in total. The van der Waals surface area contributed by atoms with Crippen molar-refractivity contribution in [3.63, 3.8) is 0 Å². The fourth-order valence-electron chi connectivity index (χ4n) is 0.423. The first-order chi connectivity index (χ1) is 25.5. The predicted octanol–water partition coefficient (Wildman–Crippen LogP) is -85.2. The Morgan fingerprint density at radius 3 is 0.236 bits per heavy atom. The van der Waals surface area contributed by atoms with Crippen LogP contribution in [0.2, 0.25) is 0 Å². The van der Waals surface area contributed by atoms with Gasteiger partial charge in [0.15, 0.2) is 0 Å². The number of rotatable bonds is 16. The zero-order valence-corrected chi connectivity index (χ0v) is 107. The Balaban J connectivity index is -0.00000000248. The van der Waals surface area contributed by atoms with E-state index in [1.807, 2.05) is 0 Å². The minimum absolute atomic E-state index is 0. The molecule has 0 rings (SSSR count). The summed E-state index contributed by atoms with van der Waals surface area (Å²) in [6, 6.07) is 0. The Morgan fingerprint density at radius 2 is 0.236 bits per heavy atom. The van der Waals surface area contributed by atoms with Crippen LogP contribution in [-0.2, 0) is 0 Å². The zero-order chi connectivity index (χ0) is 45.9. The van der Waals surface area contributed by atoms with Gasteiger partial charge < -0.3 is 200 Å². The predicted molar refractivity (Wildman–Crippen MR) is 305 cm³/mol. The van der Waals surface area contributed by atoms with Gasteiger partial charge in [0.25, 0.3) is 0 Å². The van der Waals surface area contributed by atoms with Crippen LogP contribution in [-0.4, -0.2) is 328 Å². The summed E-state index contributed by atoms with van der Waals surface area (Å²) >= 11 is 0. The van der Waals surface area contributed by atoms with Gasteiger partial charge in [0.1, 0.15) is 18.3 Å². The van der Waals surface area contributed by atoms with E-state index in [1.54, 1.807) is 0 Å². The van der Waals surface area contributed by atoms with Gasteiger partial charge in [-0.05, 0) is 0 Å². The van der Waals surface area contributed by atoms with Crippen LogP contribution in [0.25, 0.3) is 0 Å². The maximum Gasteiger partial charge on any atom is 1.00 e. The average molecular weight is 1860 g/mol. The van der Waals surface area contributed by atoms with Gasteiger partial charge in [0.05, 0.1) is 65.1 Å². The first kappa shape index (κ1) is 488. The van der Waals surface area contributed by atoms with Crippen molar-refractivity contribution < 1.29 is 941 Å². The molecule has 0 saturated carbocycles. The molecule has 2 atom stereocenters. The molecule has 0 saturated heterocycles. The molecule has 0 spiro atoms. The largest absolute Gasteiger partial charge is 1.00 e. The SMILES string of the molecule is C.C.C.C.C.C.C.C.C.C.C.C.C.C.C.C.O.O.O.O.O.OCC(O)CO.OCC(O)CO.OCC(O)CO.OO.OO.OO.[H-].[H-].[H-].[H-].[H-].[H-].[H-].[H-].[Na+].[Na+].[Na+].[Na+].[Na+].[Na+].[Na+].[Na+].[Na+].[Na+].[Na+].[Na+].[Na+].[Na+].[Na+].[Na+].[Na+].[Na+].[Na+].[Na+].[Na+].[Na+].[Na+].[Na+].[O-]CC(O)CO.[O-]CC(O)CO.[O-]CC(O)C[O-].[O-]CC(O)C[O-].[O-]CC([O-])C[O-].[OH-].[OH-].[OH-].[OH-].[OH-].[OH-].[OH-]. The van der Waals surface area contributed by atoms with Gasteiger partial charge in [0, 0.05) is 12.2 Å². The normalized spacial score (nSPS) is 5.21. The summed E-state index contributed by atoms with van der Waals surface area (Å²) in [5.41, 5.74) is 0. The van der Waals surface area contributed by atoms with Crippen LogP contribution in [0.4, 0.5) is 0 Å².